The molecule has 0 unspecified atom stereocenters. The molecule has 2 aromatic rings. The molecule has 0 saturated heterocycles. The van der Waals surface area contributed by atoms with Gasteiger partial charge in [0.15, 0.2) is 5.69 Å². The number of aromatic amines is 1. The lowest BCUT2D eigenvalue weighted by Gasteiger charge is -2.03. The van der Waals surface area contributed by atoms with Gasteiger partial charge in [-0.15, -0.1) is 11.3 Å². The van der Waals surface area contributed by atoms with Crippen molar-refractivity contribution >= 4 is 23.1 Å². The van der Waals surface area contributed by atoms with Gasteiger partial charge in [0, 0.05) is 11.6 Å². The third-order valence-corrected chi connectivity index (χ3v) is 2.85. The van der Waals surface area contributed by atoms with Gasteiger partial charge in [-0.3, -0.25) is 5.10 Å². The number of urea groups is 1. The molecule has 0 spiro atoms. The maximum atomic E-state index is 12.3. The van der Waals surface area contributed by atoms with E-state index in [0.717, 1.165) is 16.7 Å². The van der Waals surface area contributed by atoms with Crippen LogP contribution in [0, 0.1) is 0 Å². The standard InChI is InChI=1S/C9H8F3N5OS/c10-9(11,12)6-4-19-7(17-6)3-13-8(18)16-5-1-14-15-2-5/h1-2,4H,3H2,(H,14,15)(H2,13,16,18). The van der Waals surface area contributed by atoms with E-state index in [1.807, 2.05) is 0 Å². The van der Waals surface area contributed by atoms with Crippen LogP contribution in [0.4, 0.5) is 23.7 Å². The molecule has 3 N–H and O–H groups in total. The van der Waals surface area contributed by atoms with E-state index in [-0.39, 0.29) is 11.6 Å². The quantitative estimate of drug-likeness (QED) is 0.810. The van der Waals surface area contributed by atoms with Crippen LogP contribution in [-0.2, 0) is 12.7 Å². The number of H-pyrrole nitrogens is 1. The second-order valence-electron chi connectivity index (χ2n) is 3.42. The van der Waals surface area contributed by atoms with Crippen LogP contribution in [0.2, 0.25) is 0 Å². The Kier molecular flexibility index (Phi) is 3.69. The van der Waals surface area contributed by atoms with Gasteiger partial charge in [0.2, 0.25) is 0 Å². The molecule has 0 saturated carbocycles. The number of rotatable bonds is 3. The number of anilines is 1. The van der Waals surface area contributed by atoms with Gasteiger partial charge in [-0.1, -0.05) is 0 Å². The molecule has 2 heterocycles. The molecule has 0 fully saturated rings. The van der Waals surface area contributed by atoms with Gasteiger partial charge in [0.05, 0.1) is 18.4 Å². The Labute approximate surface area is 109 Å². The number of hydrogen-bond donors (Lipinski definition) is 3. The van der Waals surface area contributed by atoms with Crippen molar-refractivity contribution in [3.05, 3.63) is 28.5 Å². The van der Waals surface area contributed by atoms with E-state index < -0.39 is 17.9 Å². The Morgan fingerprint density at radius 3 is 2.84 bits per heavy atom. The van der Waals surface area contributed by atoms with Gasteiger partial charge in [-0.25, -0.2) is 9.78 Å². The van der Waals surface area contributed by atoms with Crippen molar-refractivity contribution in [3.63, 3.8) is 0 Å². The summed E-state index contributed by atoms with van der Waals surface area (Å²) in [5, 5.41) is 12.0. The van der Waals surface area contributed by atoms with Crippen LogP contribution in [-0.4, -0.2) is 21.2 Å². The number of amides is 2. The van der Waals surface area contributed by atoms with E-state index >= 15 is 0 Å². The van der Waals surface area contributed by atoms with Crippen molar-refractivity contribution in [3.8, 4) is 0 Å². The largest absolute Gasteiger partial charge is 0.434 e. The molecule has 2 amide bonds. The molecule has 0 aliphatic heterocycles. The normalized spacial score (nSPS) is 11.3. The third-order valence-electron chi connectivity index (χ3n) is 2.00. The molecular weight excluding hydrogens is 283 g/mol. The zero-order chi connectivity index (χ0) is 13.9. The molecule has 0 aromatic carbocycles. The fraction of sp³-hybridized carbons (Fsp3) is 0.222. The lowest BCUT2D eigenvalue weighted by molar-refractivity contribution is -0.140. The first kappa shape index (κ1) is 13.3. The minimum Gasteiger partial charge on any atom is -0.331 e. The van der Waals surface area contributed by atoms with Gasteiger partial charge < -0.3 is 10.6 Å². The van der Waals surface area contributed by atoms with Crippen molar-refractivity contribution in [2.24, 2.45) is 0 Å². The van der Waals surface area contributed by atoms with E-state index in [1.54, 1.807) is 0 Å². The number of carbonyl (C=O) groups is 1. The zero-order valence-electron chi connectivity index (χ0n) is 9.28. The molecule has 0 atom stereocenters. The Morgan fingerprint density at radius 1 is 1.47 bits per heavy atom. The zero-order valence-corrected chi connectivity index (χ0v) is 10.1. The van der Waals surface area contributed by atoms with Gasteiger partial charge in [0.1, 0.15) is 5.01 Å². The second-order valence-corrected chi connectivity index (χ2v) is 4.36. The number of alkyl halides is 3. The predicted octanol–water partition coefficient (Wildman–Crippen LogP) is 2.21. The first-order chi connectivity index (χ1) is 8.95. The molecule has 0 aliphatic carbocycles. The summed E-state index contributed by atoms with van der Waals surface area (Å²) < 4.78 is 36.9. The van der Waals surface area contributed by atoms with E-state index in [2.05, 4.69) is 25.8 Å². The summed E-state index contributed by atoms with van der Waals surface area (Å²) >= 11 is 0.834. The van der Waals surface area contributed by atoms with E-state index in [1.165, 1.54) is 12.4 Å². The van der Waals surface area contributed by atoms with Gasteiger partial charge in [0.25, 0.3) is 0 Å². The molecule has 6 nitrogen and oxygen atoms in total. The number of halogens is 3. The van der Waals surface area contributed by atoms with Crippen LogP contribution < -0.4 is 10.6 Å². The maximum absolute atomic E-state index is 12.3. The van der Waals surface area contributed by atoms with Crippen molar-refractivity contribution in [1.82, 2.24) is 20.5 Å². The molecule has 0 radical (unpaired) electrons. The minimum absolute atomic E-state index is 0.0789. The highest BCUT2D eigenvalue weighted by Gasteiger charge is 2.33. The number of aromatic nitrogens is 3. The topological polar surface area (TPSA) is 82.7 Å². The Morgan fingerprint density at radius 2 is 2.26 bits per heavy atom. The summed E-state index contributed by atoms with van der Waals surface area (Å²) in [6.45, 7) is -0.0789. The van der Waals surface area contributed by atoms with E-state index in [0.29, 0.717) is 5.69 Å². The lowest BCUT2D eigenvalue weighted by Crippen LogP contribution is -2.28. The van der Waals surface area contributed by atoms with E-state index in [9.17, 15) is 18.0 Å². The monoisotopic (exact) mass is 291 g/mol. The summed E-state index contributed by atoms with van der Waals surface area (Å²) in [4.78, 5) is 14.8. The molecular formula is C9H8F3N5OS. The average Bonchev–Trinajstić information content (AvgIpc) is 2.95. The Balaban J connectivity index is 1.85. The molecule has 19 heavy (non-hydrogen) atoms. The van der Waals surface area contributed by atoms with Crippen molar-refractivity contribution < 1.29 is 18.0 Å². The molecule has 10 heteroatoms. The molecule has 2 rings (SSSR count). The Bertz CT molecular complexity index is 550. The van der Waals surface area contributed by atoms with Crippen LogP contribution in [0.3, 0.4) is 0 Å². The highest BCUT2D eigenvalue weighted by molar-refractivity contribution is 7.09. The summed E-state index contributed by atoms with van der Waals surface area (Å²) in [7, 11) is 0. The highest BCUT2D eigenvalue weighted by Crippen LogP contribution is 2.29. The smallest absolute Gasteiger partial charge is 0.331 e. The van der Waals surface area contributed by atoms with Crippen LogP contribution >= 0.6 is 11.3 Å². The number of hydrogen-bond acceptors (Lipinski definition) is 4. The maximum Gasteiger partial charge on any atom is 0.434 e. The average molecular weight is 291 g/mol. The molecule has 0 bridgehead atoms. The third kappa shape index (κ3) is 3.68. The van der Waals surface area contributed by atoms with Crippen molar-refractivity contribution in [1.29, 1.82) is 0 Å². The summed E-state index contributed by atoms with van der Waals surface area (Å²) in [5.74, 6) is 0. The summed E-state index contributed by atoms with van der Waals surface area (Å²) in [6, 6.07) is -0.551. The summed E-state index contributed by atoms with van der Waals surface area (Å²) in [5.41, 5.74) is -0.503. The number of nitrogens with one attached hydrogen (secondary N) is 3. The van der Waals surface area contributed by atoms with Gasteiger partial charge in [-0.05, 0) is 0 Å². The summed E-state index contributed by atoms with van der Waals surface area (Å²) in [6.07, 6.45) is -1.61. The number of nitrogens with zero attached hydrogens (tertiary/aromatic N) is 2. The number of thiazole rings is 1. The number of carbonyl (C=O) groups excluding carboxylic acids is 1. The Hall–Kier alpha value is -2.10. The van der Waals surface area contributed by atoms with Gasteiger partial charge in [-0.2, -0.15) is 18.3 Å². The first-order valence-electron chi connectivity index (χ1n) is 5.00. The fourth-order valence-electron chi connectivity index (χ4n) is 1.17. The minimum atomic E-state index is -4.46. The lowest BCUT2D eigenvalue weighted by atomic mass is 10.5. The van der Waals surface area contributed by atoms with Crippen LogP contribution in [0.1, 0.15) is 10.7 Å². The van der Waals surface area contributed by atoms with Crippen LogP contribution in [0.5, 0.6) is 0 Å². The predicted molar refractivity (Wildman–Crippen MR) is 61.6 cm³/mol. The van der Waals surface area contributed by atoms with E-state index in [4.69, 9.17) is 0 Å². The SMILES string of the molecule is O=C(NCc1nc(C(F)(F)F)cs1)Nc1cn[nH]c1. The van der Waals surface area contributed by atoms with Crippen LogP contribution in [0.15, 0.2) is 17.8 Å². The van der Waals surface area contributed by atoms with Crippen molar-refractivity contribution in [2.75, 3.05) is 5.32 Å². The highest BCUT2D eigenvalue weighted by atomic mass is 32.1. The van der Waals surface area contributed by atoms with Crippen LogP contribution in [0.25, 0.3) is 0 Å². The molecule has 102 valence electrons. The fourth-order valence-corrected chi connectivity index (χ4v) is 1.91. The molecule has 0 aliphatic rings. The van der Waals surface area contributed by atoms with Crippen molar-refractivity contribution in [2.45, 2.75) is 12.7 Å². The second kappa shape index (κ2) is 5.26. The molecule has 2 aromatic heterocycles. The van der Waals surface area contributed by atoms with Gasteiger partial charge >= 0.3 is 12.2 Å². The first-order valence-corrected chi connectivity index (χ1v) is 5.88.